The first-order valence-electron chi connectivity index (χ1n) is 11.0. The lowest BCUT2D eigenvalue weighted by Gasteiger charge is -2.13. The standard InChI is InChI=1S/C19H41NO6.C2H6/c1-4-6-8-21-10-12-23-14-16-25-18-19-26-17-15-24-13-11-22-9-7-20(3)5-2;1-2/h4-19H2,1-3H3;1-2H3. The van der Waals surface area contributed by atoms with Crippen LogP contribution in [0.5, 0.6) is 0 Å². The second-order valence-corrected chi connectivity index (χ2v) is 5.92. The minimum absolute atomic E-state index is 0.573. The quantitative estimate of drug-likeness (QED) is 0.255. The van der Waals surface area contributed by atoms with E-state index in [-0.39, 0.29) is 0 Å². The first-order chi connectivity index (χ1) is 13.8. The van der Waals surface area contributed by atoms with Crippen LogP contribution in [0.15, 0.2) is 0 Å². The number of likely N-dealkylation sites (N-methyl/N-ethyl adjacent to an activating group) is 1. The van der Waals surface area contributed by atoms with Crippen LogP contribution in [0.1, 0.15) is 40.5 Å². The van der Waals surface area contributed by atoms with Crippen LogP contribution in [0.3, 0.4) is 0 Å². The van der Waals surface area contributed by atoms with Gasteiger partial charge in [-0.1, -0.05) is 34.1 Å². The molecule has 0 aliphatic heterocycles. The summed E-state index contributed by atoms with van der Waals surface area (Å²) in [7, 11) is 2.08. The Morgan fingerprint density at radius 3 is 1.14 bits per heavy atom. The molecule has 0 unspecified atom stereocenters. The third kappa shape index (κ3) is 27.9. The summed E-state index contributed by atoms with van der Waals surface area (Å²) in [5.74, 6) is 0. The van der Waals surface area contributed by atoms with Gasteiger partial charge in [-0.25, -0.2) is 0 Å². The Labute approximate surface area is 173 Å². The average Bonchev–Trinajstić information content (AvgIpc) is 2.73. The molecule has 0 heterocycles. The zero-order valence-corrected chi connectivity index (χ0v) is 19.2. The molecule has 7 heteroatoms. The van der Waals surface area contributed by atoms with Gasteiger partial charge in [0.2, 0.25) is 0 Å². The van der Waals surface area contributed by atoms with E-state index in [2.05, 4.69) is 25.8 Å². The first kappa shape index (κ1) is 29.9. The van der Waals surface area contributed by atoms with Crippen molar-refractivity contribution in [1.82, 2.24) is 4.90 Å². The summed E-state index contributed by atoms with van der Waals surface area (Å²) >= 11 is 0. The van der Waals surface area contributed by atoms with Gasteiger partial charge in [0.1, 0.15) is 0 Å². The molecule has 0 aliphatic rings. The minimum atomic E-state index is 0.573. The average molecular weight is 410 g/mol. The number of rotatable bonds is 22. The molecule has 0 bridgehead atoms. The number of unbranched alkanes of at least 4 members (excludes halogenated alkanes) is 1. The highest BCUT2D eigenvalue weighted by Gasteiger charge is 1.95. The molecule has 0 aliphatic carbocycles. The first-order valence-corrected chi connectivity index (χ1v) is 11.0. The van der Waals surface area contributed by atoms with Crippen LogP contribution in [0.2, 0.25) is 0 Å². The van der Waals surface area contributed by atoms with Gasteiger partial charge < -0.3 is 33.3 Å². The van der Waals surface area contributed by atoms with Crippen LogP contribution in [-0.2, 0) is 28.4 Å². The molecule has 0 aromatic rings. The van der Waals surface area contributed by atoms with Crippen molar-refractivity contribution >= 4 is 0 Å². The molecule has 0 aromatic heterocycles. The fraction of sp³-hybridized carbons (Fsp3) is 1.00. The summed E-state index contributed by atoms with van der Waals surface area (Å²) in [5.41, 5.74) is 0. The van der Waals surface area contributed by atoms with Crippen molar-refractivity contribution in [2.75, 3.05) is 99.4 Å². The lowest BCUT2D eigenvalue weighted by Crippen LogP contribution is -2.23. The molecule has 28 heavy (non-hydrogen) atoms. The van der Waals surface area contributed by atoms with Crippen molar-refractivity contribution in [2.45, 2.75) is 40.5 Å². The Bertz CT molecular complexity index is 259. The molecule has 0 radical (unpaired) electrons. The number of nitrogens with zero attached hydrogens (tertiary/aromatic N) is 1. The van der Waals surface area contributed by atoms with Crippen molar-refractivity contribution < 1.29 is 28.4 Å². The monoisotopic (exact) mass is 409 g/mol. The molecule has 0 amide bonds. The maximum Gasteiger partial charge on any atom is 0.0701 e. The van der Waals surface area contributed by atoms with Crippen molar-refractivity contribution in [3.8, 4) is 0 Å². The van der Waals surface area contributed by atoms with Gasteiger partial charge in [-0.3, -0.25) is 0 Å². The number of ether oxygens (including phenoxy) is 6. The normalized spacial score (nSPS) is 10.9. The second kappa shape index (κ2) is 28.9. The maximum absolute atomic E-state index is 5.48. The van der Waals surface area contributed by atoms with E-state index in [1.165, 1.54) is 0 Å². The van der Waals surface area contributed by atoms with Crippen LogP contribution >= 0.6 is 0 Å². The van der Waals surface area contributed by atoms with Crippen molar-refractivity contribution in [2.24, 2.45) is 0 Å². The zero-order valence-electron chi connectivity index (χ0n) is 19.2. The van der Waals surface area contributed by atoms with Gasteiger partial charge in [-0.15, -0.1) is 0 Å². The summed E-state index contributed by atoms with van der Waals surface area (Å²) in [5, 5.41) is 0. The van der Waals surface area contributed by atoms with Crippen LogP contribution in [0, 0.1) is 0 Å². The third-order valence-electron chi connectivity index (χ3n) is 3.66. The summed E-state index contributed by atoms with van der Waals surface area (Å²) in [6.07, 6.45) is 2.27. The Morgan fingerprint density at radius 2 is 0.821 bits per heavy atom. The Hall–Kier alpha value is -0.280. The molecular formula is C21H47NO6. The van der Waals surface area contributed by atoms with Crippen molar-refractivity contribution in [1.29, 1.82) is 0 Å². The van der Waals surface area contributed by atoms with Gasteiger partial charge in [0.25, 0.3) is 0 Å². The lowest BCUT2D eigenvalue weighted by atomic mass is 10.4. The smallest absolute Gasteiger partial charge is 0.0701 e. The molecule has 7 nitrogen and oxygen atoms in total. The summed E-state index contributed by atoms with van der Waals surface area (Å²) in [4.78, 5) is 2.21. The molecule has 0 spiro atoms. The minimum Gasteiger partial charge on any atom is -0.379 e. The number of hydrogen-bond donors (Lipinski definition) is 0. The highest BCUT2D eigenvalue weighted by Crippen LogP contribution is 1.88. The van der Waals surface area contributed by atoms with Gasteiger partial charge in [0.15, 0.2) is 0 Å². The van der Waals surface area contributed by atoms with Gasteiger partial charge in [0.05, 0.1) is 72.7 Å². The molecular weight excluding hydrogens is 362 g/mol. The van der Waals surface area contributed by atoms with Crippen LogP contribution in [0.25, 0.3) is 0 Å². The molecule has 172 valence electrons. The van der Waals surface area contributed by atoms with E-state index in [1.54, 1.807) is 0 Å². The molecule has 0 aromatic carbocycles. The van der Waals surface area contributed by atoms with E-state index in [0.29, 0.717) is 66.1 Å². The Morgan fingerprint density at radius 1 is 0.500 bits per heavy atom. The Balaban J connectivity index is 0. The zero-order chi connectivity index (χ0) is 21.1. The molecule has 0 saturated carbocycles. The van der Waals surface area contributed by atoms with Crippen LogP contribution in [-0.4, -0.2) is 104 Å². The molecule has 0 fully saturated rings. The molecule has 0 atom stereocenters. The SMILES string of the molecule is CC.CCCCOCCOCCOCCOCCOCCOCCN(C)CC. The van der Waals surface area contributed by atoms with Gasteiger partial charge >= 0.3 is 0 Å². The highest BCUT2D eigenvalue weighted by molar-refractivity contribution is 4.45. The van der Waals surface area contributed by atoms with Crippen LogP contribution in [0.4, 0.5) is 0 Å². The van der Waals surface area contributed by atoms with E-state index in [9.17, 15) is 0 Å². The van der Waals surface area contributed by atoms with Crippen molar-refractivity contribution in [3.63, 3.8) is 0 Å². The predicted octanol–water partition coefficient (Wildman–Crippen LogP) is 2.86. The highest BCUT2D eigenvalue weighted by atomic mass is 16.6. The van der Waals surface area contributed by atoms with E-state index < -0.39 is 0 Å². The topological polar surface area (TPSA) is 58.6 Å². The van der Waals surface area contributed by atoms with Gasteiger partial charge in [0, 0.05) is 13.2 Å². The van der Waals surface area contributed by atoms with E-state index in [0.717, 1.165) is 39.1 Å². The lowest BCUT2D eigenvalue weighted by molar-refractivity contribution is -0.0173. The maximum atomic E-state index is 5.48. The third-order valence-corrected chi connectivity index (χ3v) is 3.66. The summed E-state index contributed by atoms with van der Waals surface area (Å²) < 4.78 is 32.6. The van der Waals surface area contributed by atoms with E-state index in [1.807, 2.05) is 13.8 Å². The second-order valence-electron chi connectivity index (χ2n) is 5.92. The van der Waals surface area contributed by atoms with Crippen LogP contribution < -0.4 is 0 Å². The fourth-order valence-electron chi connectivity index (χ4n) is 1.83. The largest absolute Gasteiger partial charge is 0.379 e. The summed E-state index contributed by atoms with van der Waals surface area (Å²) in [6, 6.07) is 0. The van der Waals surface area contributed by atoms with Gasteiger partial charge in [-0.2, -0.15) is 0 Å². The van der Waals surface area contributed by atoms with Crippen molar-refractivity contribution in [3.05, 3.63) is 0 Å². The summed E-state index contributed by atoms with van der Waals surface area (Å²) in [6.45, 7) is 17.8. The number of hydrogen-bond acceptors (Lipinski definition) is 7. The Kier molecular flexibility index (Phi) is 30.9. The van der Waals surface area contributed by atoms with E-state index >= 15 is 0 Å². The molecule has 0 saturated heterocycles. The molecule has 0 N–H and O–H groups in total. The predicted molar refractivity (Wildman–Crippen MR) is 114 cm³/mol. The van der Waals surface area contributed by atoms with Gasteiger partial charge in [-0.05, 0) is 20.0 Å². The molecule has 0 rings (SSSR count). The van der Waals surface area contributed by atoms with E-state index in [4.69, 9.17) is 28.4 Å². The fourth-order valence-corrected chi connectivity index (χ4v) is 1.83.